The predicted octanol–water partition coefficient (Wildman–Crippen LogP) is -1.13. The molecule has 0 unspecified atom stereocenters. The molecule has 0 rings (SSSR count). The third-order valence-electron chi connectivity index (χ3n) is 0. The summed E-state index contributed by atoms with van der Waals surface area (Å²) in [4.78, 5) is 0. The van der Waals surface area contributed by atoms with E-state index in [2.05, 4.69) is 0 Å². The second-order valence-corrected chi connectivity index (χ2v) is 0. The molecule has 0 fully saturated rings. The molecule has 0 aromatic carbocycles. The normalized spacial score (nSPS) is 0. The average molecular weight is 341 g/mol. The minimum atomic E-state index is 0. The van der Waals surface area contributed by atoms with Gasteiger partial charge in [0.05, 0.1) is 0 Å². The van der Waals surface area contributed by atoms with Crippen LogP contribution in [-0.2, 0) is 84.7 Å². The zero-order valence-electron chi connectivity index (χ0n) is 3.69. The third kappa shape index (κ3) is 98.2. The fourth-order valence-corrected chi connectivity index (χ4v) is 0. The Morgan fingerprint density at radius 1 is 0.444 bits per heavy atom. The van der Waals surface area contributed by atoms with Crippen molar-refractivity contribution in [2.75, 3.05) is 0 Å². The molecule has 62 valence electrons. The Morgan fingerprint density at radius 3 is 0.444 bits per heavy atom. The Balaban J connectivity index is 0. The van der Waals surface area contributed by atoms with Crippen molar-refractivity contribution < 1.29 is 84.7 Å². The molecule has 9 heteroatoms. The van der Waals surface area contributed by atoms with Crippen molar-refractivity contribution in [3.63, 3.8) is 0 Å². The zero-order valence-corrected chi connectivity index (χ0v) is 10.1. The maximum atomic E-state index is 0. The van der Waals surface area contributed by atoms with Gasteiger partial charge in [-0.25, -0.2) is 0 Å². The van der Waals surface area contributed by atoms with Crippen LogP contribution in [-0.4, -0.2) is 34.7 Å². The molecule has 0 aliphatic carbocycles. The molecule has 0 atom stereocenters. The van der Waals surface area contributed by atoms with Gasteiger partial charge in [0.15, 0.2) is 0 Å². The molecule has 0 spiro atoms. The third-order valence-corrected chi connectivity index (χ3v) is 0. The van der Waals surface area contributed by atoms with Gasteiger partial charge in [0, 0.05) is 68.3 Å². The van der Waals surface area contributed by atoms with Gasteiger partial charge in [-0.3, -0.25) is 0 Å². The maximum absolute atomic E-state index is 0. The molecule has 0 aromatic rings. The summed E-state index contributed by atoms with van der Waals surface area (Å²) in [6.07, 6.45) is 0. The molecule has 0 bridgehead atoms. The summed E-state index contributed by atoms with van der Waals surface area (Å²) in [5, 5.41) is 0. The maximum Gasteiger partial charge on any atom is 3.00 e. The number of hydrogen-bond donors (Lipinski definition) is 0. The molecule has 3 nitrogen and oxygen atoms in total. The second-order valence-electron chi connectivity index (χ2n) is 0. The minimum Gasteiger partial charge on any atom is -2.00 e. The topological polar surface area (TPSA) is 85.5 Å². The summed E-state index contributed by atoms with van der Waals surface area (Å²) in [6, 6.07) is 0. The van der Waals surface area contributed by atoms with Crippen LogP contribution < -0.4 is 0 Å². The van der Waals surface area contributed by atoms with E-state index in [1.807, 2.05) is 0 Å². The van der Waals surface area contributed by atoms with Crippen LogP contribution in [0.2, 0.25) is 0 Å². The van der Waals surface area contributed by atoms with Crippen molar-refractivity contribution >= 4 is 34.7 Å². The van der Waals surface area contributed by atoms with E-state index in [0.29, 0.717) is 0 Å². The van der Waals surface area contributed by atoms with Crippen molar-refractivity contribution in [1.82, 2.24) is 0 Å². The Kier molecular flexibility index (Phi) is 2150. The molecule has 2 radical (unpaired) electrons. The molecule has 0 heterocycles. The number of rotatable bonds is 0. The van der Waals surface area contributed by atoms with E-state index in [1.54, 1.807) is 0 Å². The van der Waals surface area contributed by atoms with Crippen LogP contribution in [0.4, 0.5) is 0 Å². The molecular weight excluding hydrogens is 341 g/mol. The van der Waals surface area contributed by atoms with Gasteiger partial charge >= 0.3 is 34.7 Å². The molecule has 0 N–H and O–H groups in total. The first-order valence-electron chi connectivity index (χ1n) is 0. The van der Waals surface area contributed by atoms with Gasteiger partial charge in [-0.05, 0) is 0 Å². The molecule has 0 aliphatic rings. The Labute approximate surface area is 118 Å². The second kappa shape index (κ2) is 121. The summed E-state index contributed by atoms with van der Waals surface area (Å²) in [5.41, 5.74) is 0. The smallest absolute Gasteiger partial charge is 2.00 e. The average Bonchev–Trinajstić information content (AvgIpc) is 0. The summed E-state index contributed by atoms with van der Waals surface area (Å²) in [6.45, 7) is 0. The quantitative estimate of drug-likeness (QED) is 0.500. The van der Waals surface area contributed by atoms with Crippen molar-refractivity contribution in [2.45, 2.75) is 0 Å². The van der Waals surface area contributed by atoms with Crippen molar-refractivity contribution in [3.05, 3.63) is 0 Å². The SMILES string of the molecule is [Al+3].[Al+3].[Cu].[Cu].[Fe].[Fe].[O-2].[O-2].[O-2]. The van der Waals surface area contributed by atoms with Crippen molar-refractivity contribution in [2.24, 2.45) is 0 Å². The first-order valence-corrected chi connectivity index (χ1v) is 0. The minimum absolute atomic E-state index is 0. The van der Waals surface area contributed by atoms with E-state index >= 15 is 0 Å². The molecule has 0 saturated heterocycles. The largest absolute Gasteiger partial charge is 3.00 e. The van der Waals surface area contributed by atoms with E-state index in [1.165, 1.54) is 0 Å². The fourth-order valence-electron chi connectivity index (χ4n) is 0. The van der Waals surface area contributed by atoms with E-state index in [-0.39, 0.29) is 119 Å². The Morgan fingerprint density at radius 2 is 0.444 bits per heavy atom. The van der Waals surface area contributed by atoms with Crippen molar-refractivity contribution in [3.8, 4) is 0 Å². The van der Waals surface area contributed by atoms with E-state index in [4.69, 9.17) is 0 Å². The van der Waals surface area contributed by atoms with Gasteiger partial charge in [0.2, 0.25) is 0 Å². The van der Waals surface area contributed by atoms with E-state index in [0.717, 1.165) is 0 Å². The standard InChI is InChI=1S/2Al.2Cu.2Fe.3O/q2*+3;;;;;3*-2. The monoisotopic (exact) mass is 340 g/mol. The first kappa shape index (κ1) is 160. The van der Waals surface area contributed by atoms with Crippen molar-refractivity contribution in [1.29, 1.82) is 0 Å². The fraction of sp³-hybridized carbons (Fsp3) is 0. The first-order chi connectivity index (χ1) is 0. The summed E-state index contributed by atoms with van der Waals surface area (Å²) < 4.78 is 0. The Hall–Kier alpha value is 3.02. The summed E-state index contributed by atoms with van der Waals surface area (Å²) >= 11 is 0. The zero-order chi connectivity index (χ0) is 0. The molecule has 0 saturated carbocycles. The van der Waals surface area contributed by atoms with Crippen LogP contribution in [0.5, 0.6) is 0 Å². The van der Waals surface area contributed by atoms with E-state index in [9.17, 15) is 0 Å². The molecule has 0 aromatic heterocycles. The van der Waals surface area contributed by atoms with Gasteiger partial charge in [-0.15, -0.1) is 0 Å². The van der Waals surface area contributed by atoms with Gasteiger partial charge < -0.3 is 16.4 Å². The van der Waals surface area contributed by atoms with Crippen LogP contribution in [0.1, 0.15) is 0 Å². The molecule has 9 heavy (non-hydrogen) atoms. The number of hydrogen-bond acceptors (Lipinski definition) is 0. The Bertz CT molecular complexity index is 17.8. The molecule has 0 aliphatic heterocycles. The van der Waals surface area contributed by atoms with Gasteiger partial charge in [-0.1, -0.05) is 0 Å². The van der Waals surface area contributed by atoms with Gasteiger partial charge in [-0.2, -0.15) is 0 Å². The van der Waals surface area contributed by atoms with Crippen LogP contribution >= 0.6 is 0 Å². The van der Waals surface area contributed by atoms with Crippen LogP contribution in [0, 0.1) is 0 Å². The molecular formula is Al2Cu2Fe2O3. The van der Waals surface area contributed by atoms with Gasteiger partial charge in [0.25, 0.3) is 0 Å². The van der Waals surface area contributed by atoms with Crippen LogP contribution in [0.25, 0.3) is 0 Å². The van der Waals surface area contributed by atoms with Crippen LogP contribution in [0.15, 0.2) is 0 Å². The van der Waals surface area contributed by atoms with E-state index < -0.39 is 0 Å². The van der Waals surface area contributed by atoms with Crippen LogP contribution in [0.3, 0.4) is 0 Å². The summed E-state index contributed by atoms with van der Waals surface area (Å²) in [7, 11) is 0. The predicted molar refractivity (Wildman–Crippen MR) is 13.6 cm³/mol. The molecule has 0 amide bonds. The van der Waals surface area contributed by atoms with Gasteiger partial charge in [0.1, 0.15) is 0 Å². The summed E-state index contributed by atoms with van der Waals surface area (Å²) in [5.74, 6) is 0.